The van der Waals surface area contributed by atoms with Crippen LogP contribution in [0.4, 0.5) is 21.7 Å². The number of hydrogen-bond donors (Lipinski definition) is 4. The van der Waals surface area contributed by atoms with Gasteiger partial charge in [0, 0.05) is 22.8 Å². The van der Waals surface area contributed by atoms with Crippen LogP contribution in [0.1, 0.15) is 5.69 Å². The minimum absolute atomic E-state index is 0.0382. The molecule has 140 valence electrons. The lowest BCUT2D eigenvalue weighted by atomic mass is 10.2. The molecule has 0 bridgehead atoms. The molecule has 1 amide bonds. The van der Waals surface area contributed by atoms with Crippen molar-refractivity contribution in [2.75, 3.05) is 10.6 Å². The Morgan fingerprint density at radius 2 is 2.04 bits per heavy atom. The first-order chi connectivity index (χ1) is 13.6. The monoisotopic (exact) mass is 378 g/mol. The maximum absolute atomic E-state index is 13.2. The number of aromatic hydroxyl groups is 1. The van der Waals surface area contributed by atoms with Crippen LogP contribution in [0.3, 0.4) is 0 Å². The second-order valence-electron chi connectivity index (χ2n) is 6.06. The zero-order valence-electron chi connectivity index (χ0n) is 14.5. The fourth-order valence-electron chi connectivity index (χ4n) is 2.73. The molecule has 2 aromatic heterocycles. The molecule has 4 N–H and O–H groups in total. The lowest BCUT2D eigenvalue weighted by Gasteiger charge is -2.05. The third-order valence-electron chi connectivity index (χ3n) is 3.96. The summed E-state index contributed by atoms with van der Waals surface area (Å²) in [6, 6.07) is 12.1. The number of hydrogen-bond acceptors (Lipinski definition) is 6. The van der Waals surface area contributed by atoms with Crippen molar-refractivity contribution in [3.05, 3.63) is 66.4 Å². The number of rotatable bonds is 5. The summed E-state index contributed by atoms with van der Waals surface area (Å²) in [5, 5.41) is 22.9. The van der Waals surface area contributed by atoms with Gasteiger partial charge in [0.1, 0.15) is 23.7 Å². The third kappa shape index (κ3) is 3.88. The normalized spacial score (nSPS) is 10.8. The summed E-state index contributed by atoms with van der Waals surface area (Å²) in [5.74, 6) is 0.300. The summed E-state index contributed by atoms with van der Waals surface area (Å²) in [4.78, 5) is 20.4. The summed E-state index contributed by atoms with van der Waals surface area (Å²) >= 11 is 0. The molecule has 4 rings (SSSR count). The van der Waals surface area contributed by atoms with Crippen molar-refractivity contribution in [1.29, 1.82) is 0 Å². The molecule has 0 aliphatic heterocycles. The number of halogens is 1. The van der Waals surface area contributed by atoms with E-state index in [4.69, 9.17) is 0 Å². The Morgan fingerprint density at radius 3 is 2.89 bits per heavy atom. The predicted octanol–water partition coefficient (Wildman–Crippen LogP) is 3.12. The average Bonchev–Trinajstić information content (AvgIpc) is 3.09. The molecule has 9 heteroatoms. The van der Waals surface area contributed by atoms with Gasteiger partial charge in [-0.2, -0.15) is 5.10 Å². The summed E-state index contributed by atoms with van der Waals surface area (Å²) in [5.41, 5.74) is 1.62. The van der Waals surface area contributed by atoms with Crippen LogP contribution in [0, 0.1) is 5.82 Å². The zero-order valence-corrected chi connectivity index (χ0v) is 14.5. The number of carbonyl (C=O) groups excluding carboxylic acids is 1. The van der Waals surface area contributed by atoms with Gasteiger partial charge in [-0.1, -0.05) is 6.07 Å². The lowest BCUT2D eigenvalue weighted by molar-refractivity contribution is -0.115. The van der Waals surface area contributed by atoms with Crippen LogP contribution in [-0.2, 0) is 11.2 Å². The molecule has 0 spiro atoms. The molecule has 2 heterocycles. The van der Waals surface area contributed by atoms with Gasteiger partial charge in [-0.25, -0.2) is 14.4 Å². The van der Waals surface area contributed by atoms with E-state index < -0.39 is 5.82 Å². The predicted molar refractivity (Wildman–Crippen MR) is 102 cm³/mol. The zero-order chi connectivity index (χ0) is 19.5. The first-order valence-corrected chi connectivity index (χ1v) is 8.37. The largest absolute Gasteiger partial charge is 0.508 e. The fourth-order valence-corrected chi connectivity index (χ4v) is 2.73. The van der Waals surface area contributed by atoms with E-state index in [0.717, 1.165) is 0 Å². The van der Waals surface area contributed by atoms with E-state index in [1.165, 1.54) is 24.5 Å². The molecule has 0 fully saturated rings. The first-order valence-electron chi connectivity index (χ1n) is 8.37. The van der Waals surface area contributed by atoms with E-state index in [2.05, 4.69) is 30.8 Å². The number of aromatic nitrogens is 4. The molecule has 0 atom stereocenters. The van der Waals surface area contributed by atoms with Gasteiger partial charge in [-0.05, 0) is 36.4 Å². The van der Waals surface area contributed by atoms with Crippen LogP contribution < -0.4 is 10.6 Å². The lowest BCUT2D eigenvalue weighted by Crippen LogP contribution is -2.14. The number of H-pyrrole nitrogens is 1. The number of phenols is 1. The van der Waals surface area contributed by atoms with E-state index in [1.807, 2.05) is 0 Å². The third-order valence-corrected chi connectivity index (χ3v) is 3.96. The Kier molecular flexibility index (Phi) is 4.55. The Bertz CT molecular complexity index is 1160. The second kappa shape index (κ2) is 7.31. The van der Waals surface area contributed by atoms with Crippen molar-refractivity contribution in [1.82, 2.24) is 20.2 Å². The number of fused-ring (bicyclic) bond motifs is 1. The number of benzene rings is 2. The van der Waals surface area contributed by atoms with Gasteiger partial charge in [0.05, 0.1) is 11.9 Å². The molecule has 0 aliphatic carbocycles. The maximum Gasteiger partial charge on any atom is 0.230 e. The molecule has 0 unspecified atom stereocenters. The highest BCUT2D eigenvalue weighted by Crippen LogP contribution is 2.25. The minimum atomic E-state index is -0.422. The summed E-state index contributed by atoms with van der Waals surface area (Å²) in [7, 11) is 0. The molecule has 0 aliphatic rings. The van der Waals surface area contributed by atoms with Gasteiger partial charge in [0.2, 0.25) is 5.91 Å². The van der Waals surface area contributed by atoms with Crippen molar-refractivity contribution < 1.29 is 14.3 Å². The van der Waals surface area contributed by atoms with Crippen LogP contribution >= 0.6 is 0 Å². The van der Waals surface area contributed by atoms with Crippen LogP contribution in [0.5, 0.6) is 5.75 Å². The smallest absolute Gasteiger partial charge is 0.230 e. The number of phenolic OH excluding ortho intramolecular Hbond substituents is 1. The van der Waals surface area contributed by atoms with Gasteiger partial charge in [-0.3, -0.25) is 9.89 Å². The van der Waals surface area contributed by atoms with Crippen molar-refractivity contribution in [2.45, 2.75) is 6.42 Å². The number of aromatic amines is 1. The van der Waals surface area contributed by atoms with E-state index in [-0.39, 0.29) is 18.1 Å². The van der Waals surface area contributed by atoms with E-state index in [1.54, 1.807) is 30.3 Å². The molecule has 2 aromatic carbocycles. The Hall–Kier alpha value is -4.01. The van der Waals surface area contributed by atoms with Crippen molar-refractivity contribution in [3.63, 3.8) is 0 Å². The van der Waals surface area contributed by atoms with Crippen LogP contribution in [0.15, 0.2) is 54.9 Å². The summed E-state index contributed by atoms with van der Waals surface area (Å²) in [6.45, 7) is 0. The number of carbonyl (C=O) groups is 1. The minimum Gasteiger partial charge on any atom is -0.508 e. The van der Waals surface area contributed by atoms with Gasteiger partial charge in [0.15, 0.2) is 5.82 Å². The standard InChI is InChI=1S/C19H15FN6O2/c20-11-2-1-3-12(6-11)23-18(28)8-13-7-17(26-25-13)24-19-15-9-14(27)4-5-16(15)21-10-22-19/h1-7,9-10,27H,8H2,(H,23,28)(H2,21,22,24,25,26). The maximum atomic E-state index is 13.2. The second-order valence-corrected chi connectivity index (χ2v) is 6.06. The van der Waals surface area contributed by atoms with Crippen molar-refractivity contribution >= 4 is 34.1 Å². The van der Waals surface area contributed by atoms with Crippen LogP contribution in [0.2, 0.25) is 0 Å². The van der Waals surface area contributed by atoms with E-state index in [0.29, 0.717) is 33.9 Å². The first kappa shape index (κ1) is 17.4. The molecule has 0 saturated carbocycles. The van der Waals surface area contributed by atoms with Crippen molar-refractivity contribution in [2.24, 2.45) is 0 Å². The highest BCUT2D eigenvalue weighted by molar-refractivity contribution is 5.93. The number of amides is 1. The quantitative estimate of drug-likeness (QED) is 0.424. The molecule has 8 nitrogen and oxygen atoms in total. The summed E-state index contributed by atoms with van der Waals surface area (Å²) in [6.07, 6.45) is 1.44. The molecule has 28 heavy (non-hydrogen) atoms. The molecular weight excluding hydrogens is 363 g/mol. The Labute approximate surface area is 158 Å². The molecule has 4 aromatic rings. The van der Waals surface area contributed by atoms with Gasteiger partial charge in [-0.15, -0.1) is 0 Å². The summed E-state index contributed by atoms with van der Waals surface area (Å²) < 4.78 is 13.2. The van der Waals surface area contributed by atoms with Gasteiger partial charge < -0.3 is 15.7 Å². The number of nitrogens with zero attached hydrogens (tertiary/aromatic N) is 3. The molecule has 0 radical (unpaired) electrons. The number of nitrogens with one attached hydrogen (secondary N) is 3. The van der Waals surface area contributed by atoms with E-state index in [9.17, 15) is 14.3 Å². The Balaban J connectivity index is 1.46. The molecular formula is C19H15FN6O2. The topological polar surface area (TPSA) is 116 Å². The van der Waals surface area contributed by atoms with E-state index >= 15 is 0 Å². The highest BCUT2D eigenvalue weighted by atomic mass is 19.1. The Morgan fingerprint density at radius 1 is 1.14 bits per heavy atom. The number of anilines is 3. The van der Waals surface area contributed by atoms with Gasteiger partial charge in [0.25, 0.3) is 0 Å². The average molecular weight is 378 g/mol. The van der Waals surface area contributed by atoms with Crippen LogP contribution in [-0.4, -0.2) is 31.2 Å². The fraction of sp³-hybridized carbons (Fsp3) is 0.0526. The molecule has 0 saturated heterocycles. The SMILES string of the molecule is O=C(Cc1cc(Nc2ncnc3ccc(O)cc23)n[nH]1)Nc1cccc(F)c1. The van der Waals surface area contributed by atoms with Crippen molar-refractivity contribution in [3.8, 4) is 5.75 Å². The van der Waals surface area contributed by atoms with Crippen LogP contribution in [0.25, 0.3) is 10.9 Å². The van der Waals surface area contributed by atoms with Gasteiger partial charge >= 0.3 is 0 Å². The highest BCUT2D eigenvalue weighted by Gasteiger charge is 2.10.